The fourth-order valence-corrected chi connectivity index (χ4v) is 3.50. The topological polar surface area (TPSA) is 93.9 Å². The van der Waals surface area contributed by atoms with Crippen molar-refractivity contribution in [3.8, 4) is 22.8 Å². The molecule has 0 unspecified atom stereocenters. The molecule has 160 valence electrons. The van der Waals surface area contributed by atoms with Crippen molar-refractivity contribution in [1.82, 2.24) is 10.5 Å². The van der Waals surface area contributed by atoms with E-state index in [0.29, 0.717) is 23.7 Å². The molecule has 1 fully saturated rings. The predicted octanol–water partition coefficient (Wildman–Crippen LogP) is 3.03. The SMILES string of the molecule is COc1ccc(-c2cc(CNC(=O)[C@@H]3CC(=O)N(c4ccc(OC)cc4)C3)no2)cc1. The summed E-state index contributed by atoms with van der Waals surface area (Å²) in [7, 11) is 3.20. The van der Waals surface area contributed by atoms with Gasteiger partial charge >= 0.3 is 0 Å². The molecule has 0 saturated carbocycles. The number of rotatable bonds is 7. The summed E-state index contributed by atoms with van der Waals surface area (Å²) in [4.78, 5) is 26.6. The highest BCUT2D eigenvalue weighted by Crippen LogP contribution is 2.27. The first-order valence-corrected chi connectivity index (χ1v) is 9.89. The van der Waals surface area contributed by atoms with Gasteiger partial charge in [0, 0.05) is 30.3 Å². The maximum atomic E-state index is 12.6. The highest BCUT2D eigenvalue weighted by atomic mass is 16.5. The molecule has 2 aromatic carbocycles. The Hall–Kier alpha value is -3.81. The third-order valence-electron chi connectivity index (χ3n) is 5.26. The summed E-state index contributed by atoms with van der Waals surface area (Å²) < 4.78 is 15.7. The second-order valence-corrected chi connectivity index (χ2v) is 7.23. The molecular weight excluding hydrogens is 398 g/mol. The average molecular weight is 421 g/mol. The number of anilines is 1. The lowest BCUT2D eigenvalue weighted by molar-refractivity contribution is -0.126. The number of hydrogen-bond acceptors (Lipinski definition) is 6. The molecule has 0 spiro atoms. The summed E-state index contributed by atoms with van der Waals surface area (Å²) >= 11 is 0. The third kappa shape index (κ3) is 4.53. The van der Waals surface area contributed by atoms with Gasteiger partial charge in [-0.25, -0.2) is 0 Å². The Bertz CT molecular complexity index is 1060. The van der Waals surface area contributed by atoms with Crippen LogP contribution in [0, 0.1) is 5.92 Å². The first-order chi connectivity index (χ1) is 15.1. The predicted molar refractivity (Wildman–Crippen MR) is 114 cm³/mol. The molecule has 0 radical (unpaired) electrons. The van der Waals surface area contributed by atoms with Crippen molar-refractivity contribution in [2.45, 2.75) is 13.0 Å². The van der Waals surface area contributed by atoms with Gasteiger partial charge in [-0.1, -0.05) is 5.16 Å². The molecule has 4 rings (SSSR count). The van der Waals surface area contributed by atoms with Gasteiger partial charge in [0.25, 0.3) is 0 Å². The van der Waals surface area contributed by atoms with Crippen LogP contribution in [0.25, 0.3) is 11.3 Å². The number of hydrogen-bond donors (Lipinski definition) is 1. The van der Waals surface area contributed by atoms with Crippen LogP contribution in [0.15, 0.2) is 59.1 Å². The summed E-state index contributed by atoms with van der Waals surface area (Å²) in [5, 5.41) is 6.87. The number of nitrogens with zero attached hydrogens (tertiary/aromatic N) is 2. The molecule has 1 aromatic heterocycles. The molecule has 1 aliphatic heterocycles. The number of carbonyl (C=O) groups excluding carboxylic acids is 2. The molecule has 0 bridgehead atoms. The van der Waals surface area contributed by atoms with Crippen LogP contribution in [0.1, 0.15) is 12.1 Å². The molecule has 31 heavy (non-hydrogen) atoms. The minimum atomic E-state index is -0.414. The number of ether oxygens (including phenoxy) is 2. The fourth-order valence-electron chi connectivity index (χ4n) is 3.50. The van der Waals surface area contributed by atoms with E-state index in [1.165, 1.54) is 0 Å². The van der Waals surface area contributed by atoms with Gasteiger partial charge in [0.1, 0.15) is 17.2 Å². The Morgan fingerprint density at radius 1 is 1.10 bits per heavy atom. The minimum Gasteiger partial charge on any atom is -0.497 e. The Labute approximate surface area is 179 Å². The highest BCUT2D eigenvalue weighted by molar-refractivity contribution is 6.00. The van der Waals surface area contributed by atoms with Crippen molar-refractivity contribution in [3.05, 3.63) is 60.3 Å². The van der Waals surface area contributed by atoms with E-state index in [4.69, 9.17) is 14.0 Å². The zero-order valence-corrected chi connectivity index (χ0v) is 17.3. The molecule has 1 N–H and O–H groups in total. The van der Waals surface area contributed by atoms with Gasteiger partial charge in [-0.15, -0.1) is 0 Å². The van der Waals surface area contributed by atoms with Crippen LogP contribution in [0.3, 0.4) is 0 Å². The van der Waals surface area contributed by atoms with Crippen LogP contribution >= 0.6 is 0 Å². The van der Waals surface area contributed by atoms with Gasteiger partial charge < -0.3 is 24.2 Å². The van der Waals surface area contributed by atoms with Gasteiger partial charge in [-0.05, 0) is 48.5 Å². The van der Waals surface area contributed by atoms with Crippen LogP contribution < -0.4 is 19.7 Å². The van der Waals surface area contributed by atoms with E-state index in [0.717, 1.165) is 17.0 Å². The number of benzene rings is 2. The van der Waals surface area contributed by atoms with Crippen LogP contribution in [0.4, 0.5) is 5.69 Å². The molecule has 1 aliphatic rings. The minimum absolute atomic E-state index is 0.0754. The molecule has 2 heterocycles. The van der Waals surface area contributed by atoms with Crippen molar-refractivity contribution in [2.24, 2.45) is 5.92 Å². The summed E-state index contributed by atoms with van der Waals surface area (Å²) in [6.07, 6.45) is 0.174. The zero-order chi connectivity index (χ0) is 21.8. The first-order valence-electron chi connectivity index (χ1n) is 9.89. The lowest BCUT2D eigenvalue weighted by atomic mass is 10.1. The summed E-state index contributed by atoms with van der Waals surface area (Å²) in [6, 6.07) is 16.4. The van der Waals surface area contributed by atoms with Crippen molar-refractivity contribution in [1.29, 1.82) is 0 Å². The van der Waals surface area contributed by atoms with Crippen LogP contribution in [0.5, 0.6) is 11.5 Å². The van der Waals surface area contributed by atoms with Gasteiger partial charge in [-0.2, -0.15) is 0 Å². The number of carbonyl (C=O) groups is 2. The quantitative estimate of drug-likeness (QED) is 0.630. The smallest absolute Gasteiger partial charge is 0.227 e. The van der Waals surface area contributed by atoms with E-state index in [2.05, 4.69) is 10.5 Å². The van der Waals surface area contributed by atoms with Crippen LogP contribution in [-0.4, -0.2) is 37.7 Å². The Morgan fingerprint density at radius 3 is 2.39 bits per heavy atom. The highest BCUT2D eigenvalue weighted by Gasteiger charge is 2.35. The lowest BCUT2D eigenvalue weighted by Crippen LogP contribution is -2.32. The normalized spacial score (nSPS) is 15.7. The summed E-state index contributed by atoms with van der Waals surface area (Å²) in [6.45, 7) is 0.568. The van der Waals surface area contributed by atoms with Crippen LogP contribution in [0.2, 0.25) is 0 Å². The molecule has 1 atom stereocenters. The van der Waals surface area contributed by atoms with E-state index in [9.17, 15) is 9.59 Å². The standard InChI is InChI=1S/C23H23N3O5/c1-29-19-7-3-15(4-8-19)21-12-17(25-31-21)13-24-23(28)16-11-22(27)26(14-16)18-5-9-20(30-2)10-6-18/h3-10,12,16H,11,13-14H2,1-2H3,(H,24,28)/t16-/m1/s1. The summed E-state index contributed by atoms with van der Waals surface area (Å²) in [5.41, 5.74) is 2.22. The van der Waals surface area contributed by atoms with E-state index < -0.39 is 5.92 Å². The monoisotopic (exact) mass is 421 g/mol. The second-order valence-electron chi connectivity index (χ2n) is 7.23. The second kappa shape index (κ2) is 8.91. The molecule has 8 heteroatoms. The molecule has 0 aliphatic carbocycles. The van der Waals surface area contributed by atoms with Crippen molar-refractivity contribution in [3.63, 3.8) is 0 Å². The van der Waals surface area contributed by atoms with E-state index in [1.54, 1.807) is 37.3 Å². The Balaban J connectivity index is 1.33. The maximum absolute atomic E-state index is 12.6. The third-order valence-corrected chi connectivity index (χ3v) is 5.26. The van der Waals surface area contributed by atoms with Gasteiger partial charge in [0.15, 0.2) is 5.76 Å². The van der Waals surface area contributed by atoms with Crippen molar-refractivity contribution < 1.29 is 23.6 Å². The first kappa shape index (κ1) is 20.5. The lowest BCUT2D eigenvalue weighted by Gasteiger charge is -2.17. The number of amides is 2. The van der Waals surface area contributed by atoms with Crippen molar-refractivity contribution in [2.75, 3.05) is 25.7 Å². The molecule has 8 nitrogen and oxygen atoms in total. The van der Waals surface area contributed by atoms with Gasteiger partial charge in [0.05, 0.1) is 26.7 Å². The fraction of sp³-hybridized carbons (Fsp3) is 0.261. The number of nitrogens with one attached hydrogen (secondary N) is 1. The Kier molecular flexibility index (Phi) is 5.88. The molecular formula is C23H23N3O5. The molecule has 2 amide bonds. The Morgan fingerprint density at radius 2 is 1.74 bits per heavy atom. The average Bonchev–Trinajstić information content (AvgIpc) is 3.44. The van der Waals surface area contributed by atoms with E-state index in [1.807, 2.05) is 36.4 Å². The van der Waals surface area contributed by atoms with Gasteiger partial charge in [0.2, 0.25) is 11.8 Å². The van der Waals surface area contributed by atoms with Crippen LogP contribution in [-0.2, 0) is 16.1 Å². The zero-order valence-electron chi connectivity index (χ0n) is 17.3. The molecule has 3 aromatic rings. The maximum Gasteiger partial charge on any atom is 0.227 e. The number of methoxy groups -OCH3 is 2. The summed E-state index contributed by atoms with van der Waals surface area (Å²) in [5.74, 6) is 1.40. The molecule has 1 saturated heterocycles. The van der Waals surface area contributed by atoms with Gasteiger partial charge in [-0.3, -0.25) is 9.59 Å². The van der Waals surface area contributed by atoms with E-state index >= 15 is 0 Å². The largest absolute Gasteiger partial charge is 0.497 e. The number of aromatic nitrogens is 1. The van der Waals surface area contributed by atoms with Crippen molar-refractivity contribution >= 4 is 17.5 Å². The van der Waals surface area contributed by atoms with E-state index in [-0.39, 0.29) is 24.8 Å².